The van der Waals surface area contributed by atoms with Crippen molar-refractivity contribution in [2.24, 2.45) is 0 Å². The Kier molecular flexibility index (Phi) is 5.36. The molecule has 0 amide bonds. The van der Waals surface area contributed by atoms with E-state index in [0.29, 0.717) is 0 Å². The first kappa shape index (κ1) is 15.8. The second-order valence-corrected chi connectivity index (χ2v) is 4.76. The number of aryl methyl sites for hydroxylation is 1. The predicted octanol–water partition coefficient (Wildman–Crippen LogP) is 3.23. The number of methoxy groups -OCH3 is 1. The first-order chi connectivity index (χ1) is 10.6. The Morgan fingerprint density at radius 3 is 3.00 bits per heavy atom. The van der Waals surface area contributed by atoms with Crippen LogP contribution in [0.15, 0.2) is 42.7 Å². The minimum Gasteiger partial charge on any atom is -0.497 e. The Morgan fingerprint density at radius 1 is 1.45 bits per heavy atom. The third-order valence-electron chi connectivity index (χ3n) is 3.31. The number of imidazole rings is 1. The summed E-state index contributed by atoms with van der Waals surface area (Å²) in [5.74, 6) is 1.07. The van der Waals surface area contributed by atoms with Crippen molar-refractivity contribution in [2.45, 2.75) is 26.5 Å². The highest BCUT2D eigenvalue weighted by atomic mass is 16.5. The highest BCUT2D eigenvalue weighted by Gasteiger charge is 2.10. The zero-order valence-electron chi connectivity index (χ0n) is 13.0. The summed E-state index contributed by atoms with van der Waals surface area (Å²) < 4.78 is 12.5. The van der Waals surface area contributed by atoms with Crippen LogP contribution in [0.3, 0.4) is 0 Å². The molecule has 22 heavy (non-hydrogen) atoms. The van der Waals surface area contributed by atoms with Gasteiger partial charge in [-0.15, -0.1) is 0 Å². The molecule has 1 aromatic carbocycles. The van der Waals surface area contributed by atoms with E-state index in [1.807, 2.05) is 48.9 Å². The zero-order chi connectivity index (χ0) is 15.9. The van der Waals surface area contributed by atoms with Crippen molar-refractivity contribution >= 4 is 12.0 Å². The maximum Gasteiger partial charge on any atom is 0.331 e. The van der Waals surface area contributed by atoms with Gasteiger partial charge in [0, 0.05) is 25.0 Å². The van der Waals surface area contributed by atoms with Crippen LogP contribution in [-0.4, -0.2) is 22.6 Å². The lowest BCUT2D eigenvalue weighted by Gasteiger charge is -2.13. The number of hydrogen-bond acceptors (Lipinski definition) is 4. The van der Waals surface area contributed by atoms with Gasteiger partial charge < -0.3 is 14.0 Å². The van der Waals surface area contributed by atoms with Gasteiger partial charge in [-0.1, -0.05) is 12.1 Å². The number of rotatable bonds is 6. The van der Waals surface area contributed by atoms with Crippen LogP contribution in [0.5, 0.6) is 5.75 Å². The van der Waals surface area contributed by atoms with Gasteiger partial charge in [-0.2, -0.15) is 0 Å². The molecular formula is C17H20N2O3. The first-order valence-corrected chi connectivity index (χ1v) is 7.17. The molecule has 0 radical (unpaired) electrons. The van der Waals surface area contributed by atoms with Gasteiger partial charge in [-0.3, -0.25) is 0 Å². The molecule has 1 aromatic heterocycles. The highest BCUT2D eigenvalue weighted by Crippen LogP contribution is 2.21. The fourth-order valence-electron chi connectivity index (χ4n) is 2.07. The molecule has 0 aliphatic heterocycles. The number of carbonyl (C=O) groups excluding carboxylic acids is 1. The summed E-state index contributed by atoms with van der Waals surface area (Å²) >= 11 is 0. The van der Waals surface area contributed by atoms with Gasteiger partial charge in [0.25, 0.3) is 0 Å². The fourth-order valence-corrected chi connectivity index (χ4v) is 2.07. The van der Waals surface area contributed by atoms with Gasteiger partial charge in [0.1, 0.15) is 17.7 Å². The molecule has 0 bridgehead atoms. The van der Waals surface area contributed by atoms with E-state index in [9.17, 15) is 4.79 Å². The fraction of sp³-hybridized carbons (Fsp3) is 0.294. The minimum atomic E-state index is -0.402. The maximum absolute atomic E-state index is 11.9. The summed E-state index contributed by atoms with van der Waals surface area (Å²) in [4.78, 5) is 16.1. The van der Waals surface area contributed by atoms with E-state index in [2.05, 4.69) is 4.98 Å². The average molecular weight is 300 g/mol. The van der Waals surface area contributed by atoms with Crippen molar-refractivity contribution in [3.8, 4) is 5.75 Å². The maximum atomic E-state index is 11.9. The standard InChI is InChI=1S/C17H20N2O3/c1-4-19-11-10-18-16(19)8-9-17(20)22-13(2)14-6-5-7-15(12-14)21-3/h5-13H,4H2,1-3H3/b9-8+. The molecule has 1 heterocycles. The van der Waals surface area contributed by atoms with Crippen LogP contribution < -0.4 is 4.74 Å². The zero-order valence-corrected chi connectivity index (χ0v) is 13.0. The molecule has 116 valence electrons. The predicted molar refractivity (Wildman–Crippen MR) is 84.4 cm³/mol. The lowest BCUT2D eigenvalue weighted by molar-refractivity contribution is -0.142. The largest absolute Gasteiger partial charge is 0.497 e. The molecule has 0 aliphatic rings. The van der Waals surface area contributed by atoms with Gasteiger partial charge in [0.15, 0.2) is 0 Å². The number of aromatic nitrogens is 2. The quantitative estimate of drug-likeness (QED) is 0.607. The third kappa shape index (κ3) is 3.97. The van der Waals surface area contributed by atoms with Crippen molar-refractivity contribution < 1.29 is 14.3 Å². The Morgan fingerprint density at radius 2 is 2.27 bits per heavy atom. The Hall–Kier alpha value is -2.56. The van der Waals surface area contributed by atoms with Crippen LogP contribution in [0, 0.1) is 0 Å². The van der Waals surface area contributed by atoms with Crippen molar-refractivity contribution in [1.29, 1.82) is 0 Å². The summed E-state index contributed by atoms with van der Waals surface area (Å²) in [6, 6.07) is 7.47. The van der Waals surface area contributed by atoms with Crippen LogP contribution in [-0.2, 0) is 16.1 Å². The van der Waals surface area contributed by atoms with Gasteiger partial charge in [-0.05, 0) is 37.6 Å². The van der Waals surface area contributed by atoms with Crippen LogP contribution in [0.25, 0.3) is 6.08 Å². The van der Waals surface area contributed by atoms with Gasteiger partial charge in [0.05, 0.1) is 7.11 Å². The summed E-state index contributed by atoms with van der Waals surface area (Å²) in [5, 5.41) is 0. The summed E-state index contributed by atoms with van der Waals surface area (Å²) in [7, 11) is 1.61. The number of ether oxygens (including phenoxy) is 2. The van der Waals surface area contributed by atoms with E-state index in [-0.39, 0.29) is 6.10 Å². The Bertz CT molecular complexity index is 661. The molecule has 0 saturated heterocycles. The molecule has 0 aliphatic carbocycles. The molecule has 1 unspecified atom stereocenters. The highest BCUT2D eigenvalue weighted by molar-refractivity contribution is 5.86. The normalized spacial score (nSPS) is 12.3. The van der Waals surface area contributed by atoms with Crippen LogP contribution in [0.1, 0.15) is 31.3 Å². The van der Waals surface area contributed by atoms with E-state index in [0.717, 1.165) is 23.7 Å². The van der Waals surface area contributed by atoms with Crippen molar-refractivity contribution in [3.63, 3.8) is 0 Å². The smallest absolute Gasteiger partial charge is 0.331 e. The topological polar surface area (TPSA) is 53.4 Å². The van der Waals surface area contributed by atoms with E-state index in [1.54, 1.807) is 19.4 Å². The molecule has 0 saturated carbocycles. The molecule has 5 heteroatoms. The second kappa shape index (κ2) is 7.45. The SMILES string of the molecule is CCn1ccnc1/C=C/C(=O)OC(C)c1cccc(OC)c1. The lowest BCUT2D eigenvalue weighted by atomic mass is 10.1. The molecule has 0 fully saturated rings. The van der Waals surface area contributed by atoms with E-state index >= 15 is 0 Å². The van der Waals surface area contributed by atoms with Gasteiger partial charge in [-0.25, -0.2) is 9.78 Å². The van der Waals surface area contributed by atoms with E-state index < -0.39 is 5.97 Å². The number of hydrogen-bond donors (Lipinski definition) is 0. The van der Waals surface area contributed by atoms with Crippen molar-refractivity contribution in [2.75, 3.05) is 7.11 Å². The van der Waals surface area contributed by atoms with Gasteiger partial charge >= 0.3 is 5.97 Å². The number of esters is 1. The van der Waals surface area contributed by atoms with Crippen LogP contribution >= 0.6 is 0 Å². The minimum absolute atomic E-state index is 0.349. The first-order valence-electron chi connectivity index (χ1n) is 7.17. The van der Waals surface area contributed by atoms with E-state index in [4.69, 9.17) is 9.47 Å². The monoisotopic (exact) mass is 300 g/mol. The second-order valence-electron chi connectivity index (χ2n) is 4.76. The summed E-state index contributed by atoms with van der Waals surface area (Å²) in [6.45, 7) is 4.64. The average Bonchev–Trinajstić information content (AvgIpc) is 3.00. The molecule has 0 spiro atoms. The van der Waals surface area contributed by atoms with Gasteiger partial charge in [0.2, 0.25) is 0 Å². The molecule has 0 N–H and O–H groups in total. The summed E-state index contributed by atoms with van der Waals surface area (Å²) in [6.07, 6.45) is 6.27. The Balaban J connectivity index is 1.99. The van der Waals surface area contributed by atoms with Crippen molar-refractivity contribution in [3.05, 3.63) is 54.1 Å². The third-order valence-corrected chi connectivity index (χ3v) is 3.31. The molecule has 2 aromatic rings. The molecular weight excluding hydrogens is 280 g/mol. The van der Waals surface area contributed by atoms with Crippen molar-refractivity contribution in [1.82, 2.24) is 9.55 Å². The molecule has 1 atom stereocenters. The lowest BCUT2D eigenvalue weighted by Crippen LogP contribution is -2.06. The number of carbonyl (C=O) groups is 1. The number of benzene rings is 1. The molecule has 2 rings (SSSR count). The van der Waals surface area contributed by atoms with Crippen LogP contribution in [0.2, 0.25) is 0 Å². The Labute approximate surface area is 130 Å². The van der Waals surface area contributed by atoms with Crippen LogP contribution in [0.4, 0.5) is 0 Å². The van der Waals surface area contributed by atoms with E-state index in [1.165, 1.54) is 6.08 Å². The number of nitrogens with zero attached hydrogens (tertiary/aromatic N) is 2. The molecule has 5 nitrogen and oxygen atoms in total. The summed E-state index contributed by atoms with van der Waals surface area (Å²) in [5.41, 5.74) is 0.885.